The standard InChI is InChI=1S/C28H29ClF2N8O5/c1-14-10-37(5-6-40)3-4-39(14)20-8-19(18(29)9-33-20)35-21(41)12-38-11-17(22-27(38)34-13-36(2)28(22)44)15-7-16(26(32)43)25(42)24(31)23(15)30/h7-9,11,13-14,40,42H,3-6,10,12H2,1-2H3,(H2,32,43)(H,33,35,41)/t14-/m0/s1. The first kappa shape index (κ1) is 30.8. The van der Waals surface area contributed by atoms with E-state index in [0.29, 0.717) is 25.5 Å². The number of aliphatic hydroxyl groups excluding tert-OH is 1. The highest BCUT2D eigenvalue weighted by Crippen LogP contribution is 2.36. The third-order valence-electron chi connectivity index (χ3n) is 7.52. The number of rotatable bonds is 8. The number of hydrogen-bond donors (Lipinski definition) is 4. The van der Waals surface area contributed by atoms with E-state index in [1.807, 2.05) is 6.92 Å². The maximum Gasteiger partial charge on any atom is 0.263 e. The molecule has 13 nitrogen and oxygen atoms in total. The van der Waals surface area contributed by atoms with Crippen LogP contribution in [0.4, 0.5) is 20.3 Å². The molecule has 0 spiro atoms. The van der Waals surface area contributed by atoms with Gasteiger partial charge in [0.2, 0.25) is 11.7 Å². The summed E-state index contributed by atoms with van der Waals surface area (Å²) in [7, 11) is 1.40. The Bertz CT molecular complexity index is 1850. The number of carbonyl (C=O) groups excluding carboxylic acids is 2. The summed E-state index contributed by atoms with van der Waals surface area (Å²) in [6.45, 7) is 4.34. The predicted molar refractivity (Wildman–Crippen MR) is 159 cm³/mol. The van der Waals surface area contributed by atoms with Crippen LogP contribution >= 0.6 is 11.6 Å². The van der Waals surface area contributed by atoms with Gasteiger partial charge in [-0.3, -0.25) is 19.3 Å². The van der Waals surface area contributed by atoms with E-state index in [2.05, 4.69) is 25.1 Å². The molecule has 0 bridgehead atoms. The number of nitrogens with zero attached hydrogens (tertiary/aromatic N) is 6. The van der Waals surface area contributed by atoms with Crippen molar-refractivity contribution in [2.45, 2.75) is 19.5 Å². The summed E-state index contributed by atoms with van der Waals surface area (Å²) in [5.74, 6) is -5.71. The Morgan fingerprint density at radius 2 is 1.93 bits per heavy atom. The van der Waals surface area contributed by atoms with Gasteiger partial charge in [-0.15, -0.1) is 0 Å². The number of fused-ring (bicyclic) bond motifs is 1. The number of β-amino-alcohol motifs (C(OH)–C–C–N with tert-alkyl or cyclic N) is 1. The molecule has 1 aliphatic rings. The molecule has 0 aliphatic carbocycles. The van der Waals surface area contributed by atoms with Crippen LogP contribution in [-0.4, -0.2) is 84.9 Å². The number of benzene rings is 1. The maximum absolute atomic E-state index is 15.1. The smallest absolute Gasteiger partial charge is 0.263 e. The minimum atomic E-state index is -1.72. The highest BCUT2D eigenvalue weighted by atomic mass is 35.5. The molecule has 1 fully saturated rings. The molecule has 44 heavy (non-hydrogen) atoms. The van der Waals surface area contributed by atoms with Gasteiger partial charge in [0.25, 0.3) is 11.5 Å². The van der Waals surface area contributed by atoms with Crippen LogP contribution < -0.4 is 21.5 Å². The number of piperazine rings is 1. The van der Waals surface area contributed by atoms with Crippen LogP contribution in [0.5, 0.6) is 5.75 Å². The molecule has 0 radical (unpaired) electrons. The molecule has 2 amide bonds. The van der Waals surface area contributed by atoms with Crippen LogP contribution in [0.2, 0.25) is 5.02 Å². The van der Waals surface area contributed by atoms with Crippen LogP contribution in [-0.2, 0) is 18.4 Å². The fourth-order valence-electron chi connectivity index (χ4n) is 5.33. The number of halogens is 3. The van der Waals surface area contributed by atoms with Gasteiger partial charge >= 0.3 is 0 Å². The average Bonchev–Trinajstić information content (AvgIpc) is 3.33. The van der Waals surface area contributed by atoms with Crippen molar-refractivity contribution in [3.63, 3.8) is 0 Å². The monoisotopic (exact) mass is 630 g/mol. The quantitative estimate of drug-likeness (QED) is 0.226. The highest BCUT2D eigenvalue weighted by molar-refractivity contribution is 6.33. The summed E-state index contributed by atoms with van der Waals surface area (Å²) in [6, 6.07) is 2.56. The SMILES string of the molecule is C[C@H]1CN(CCO)CCN1c1cc(NC(=O)Cn2cc(-c3cc(C(N)=O)c(O)c(F)c3F)c3c(=O)n(C)cnc32)c(Cl)cn1. The molecule has 1 aliphatic heterocycles. The summed E-state index contributed by atoms with van der Waals surface area (Å²) in [4.78, 5) is 51.0. The van der Waals surface area contributed by atoms with Crippen molar-refractivity contribution < 1.29 is 28.6 Å². The lowest BCUT2D eigenvalue weighted by Gasteiger charge is -2.40. The van der Waals surface area contributed by atoms with Crippen molar-refractivity contribution in [2.75, 3.05) is 43.0 Å². The van der Waals surface area contributed by atoms with Crippen LogP contribution in [0.25, 0.3) is 22.2 Å². The Balaban J connectivity index is 1.47. The van der Waals surface area contributed by atoms with E-state index in [9.17, 15) is 29.0 Å². The molecule has 1 saturated heterocycles. The molecule has 16 heteroatoms. The molecule has 1 aromatic carbocycles. The Kier molecular flexibility index (Phi) is 8.54. The number of aryl methyl sites for hydroxylation is 1. The minimum absolute atomic E-state index is 0.0113. The van der Waals surface area contributed by atoms with Crippen LogP contribution in [0.1, 0.15) is 17.3 Å². The van der Waals surface area contributed by atoms with Gasteiger partial charge in [-0.2, -0.15) is 4.39 Å². The topological polar surface area (TPSA) is 172 Å². The van der Waals surface area contributed by atoms with Crippen LogP contribution in [0, 0.1) is 11.6 Å². The number of nitrogens with two attached hydrogens (primary N) is 1. The number of aromatic nitrogens is 4. The number of carbonyl (C=O) groups is 2. The number of amides is 2. The lowest BCUT2D eigenvalue weighted by atomic mass is 10.0. The number of anilines is 2. The Hall–Kier alpha value is -4.60. The zero-order valence-electron chi connectivity index (χ0n) is 23.7. The first-order chi connectivity index (χ1) is 20.9. The summed E-state index contributed by atoms with van der Waals surface area (Å²) < 4.78 is 32.1. The van der Waals surface area contributed by atoms with Crippen molar-refractivity contribution in [3.8, 4) is 16.9 Å². The third-order valence-corrected chi connectivity index (χ3v) is 7.83. The Morgan fingerprint density at radius 3 is 2.61 bits per heavy atom. The zero-order chi connectivity index (χ0) is 31.9. The number of primary amides is 1. The van der Waals surface area contributed by atoms with Crippen molar-refractivity contribution >= 4 is 46.0 Å². The van der Waals surface area contributed by atoms with Gasteiger partial charge in [-0.25, -0.2) is 14.4 Å². The van der Waals surface area contributed by atoms with Crippen molar-refractivity contribution in [1.29, 1.82) is 0 Å². The van der Waals surface area contributed by atoms with E-state index in [4.69, 9.17) is 17.3 Å². The zero-order valence-corrected chi connectivity index (χ0v) is 24.5. The molecule has 3 aromatic heterocycles. The molecule has 1 atom stereocenters. The fourth-order valence-corrected chi connectivity index (χ4v) is 5.48. The second-order valence-electron chi connectivity index (χ2n) is 10.5. The van der Waals surface area contributed by atoms with Gasteiger partial charge in [0.15, 0.2) is 11.6 Å². The first-order valence-electron chi connectivity index (χ1n) is 13.5. The van der Waals surface area contributed by atoms with E-state index >= 15 is 4.39 Å². The lowest BCUT2D eigenvalue weighted by Crippen LogP contribution is -2.52. The molecule has 4 heterocycles. The number of aliphatic hydroxyl groups is 1. The number of aromatic hydroxyl groups is 1. The normalized spacial score (nSPS) is 15.6. The summed E-state index contributed by atoms with van der Waals surface area (Å²) in [5.41, 5.74) is 3.49. The van der Waals surface area contributed by atoms with Crippen molar-refractivity contribution in [3.05, 3.63) is 63.4 Å². The lowest BCUT2D eigenvalue weighted by molar-refractivity contribution is -0.116. The van der Waals surface area contributed by atoms with Gasteiger partial charge < -0.3 is 35.3 Å². The highest BCUT2D eigenvalue weighted by Gasteiger charge is 2.27. The van der Waals surface area contributed by atoms with Gasteiger partial charge in [0.05, 0.1) is 40.8 Å². The van der Waals surface area contributed by atoms with Gasteiger partial charge in [-0.05, 0) is 13.0 Å². The van der Waals surface area contributed by atoms with Gasteiger partial charge in [0.1, 0.15) is 18.0 Å². The largest absolute Gasteiger partial charge is 0.504 e. The molecular weight excluding hydrogens is 602 g/mol. The van der Waals surface area contributed by atoms with E-state index in [-0.39, 0.29) is 40.0 Å². The molecule has 0 saturated carbocycles. The van der Waals surface area contributed by atoms with E-state index < -0.39 is 52.4 Å². The van der Waals surface area contributed by atoms with E-state index in [1.54, 1.807) is 6.07 Å². The summed E-state index contributed by atoms with van der Waals surface area (Å²) >= 11 is 6.36. The predicted octanol–water partition coefficient (Wildman–Crippen LogP) is 1.67. The molecule has 0 unspecified atom stereocenters. The van der Waals surface area contributed by atoms with Crippen LogP contribution in [0.3, 0.4) is 0 Å². The number of nitrogens with one attached hydrogen (secondary N) is 1. The minimum Gasteiger partial charge on any atom is -0.504 e. The molecule has 232 valence electrons. The second-order valence-corrected chi connectivity index (χ2v) is 10.9. The van der Waals surface area contributed by atoms with Crippen molar-refractivity contribution in [1.82, 2.24) is 24.0 Å². The van der Waals surface area contributed by atoms with E-state index in [0.717, 1.165) is 17.2 Å². The molecule has 5 N–H and O–H groups in total. The average molecular weight is 631 g/mol. The number of phenols is 1. The fraction of sp³-hybridized carbons (Fsp3) is 0.321. The second kappa shape index (κ2) is 12.2. The molecule has 5 rings (SSSR count). The summed E-state index contributed by atoms with van der Waals surface area (Å²) in [6.07, 6.45) is 3.86. The van der Waals surface area contributed by atoms with E-state index in [1.165, 1.54) is 30.3 Å². The van der Waals surface area contributed by atoms with Crippen molar-refractivity contribution in [2.24, 2.45) is 12.8 Å². The Labute approximate surface area is 254 Å². The Morgan fingerprint density at radius 1 is 1.18 bits per heavy atom. The van der Waals surface area contributed by atoms with Gasteiger partial charge in [0, 0.05) is 62.7 Å². The van der Waals surface area contributed by atoms with Gasteiger partial charge in [-0.1, -0.05) is 11.6 Å². The van der Waals surface area contributed by atoms with Crippen LogP contribution in [0.15, 0.2) is 35.6 Å². The molecular formula is C28H29ClF2N8O5. The first-order valence-corrected chi connectivity index (χ1v) is 13.9. The summed E-state index contributed by atoms with van der Waals surface area (Å²) in [5, 5.41) is 21.9. The maximum atomic E-state index is 15.1. The number of pyridine rings is 1. The number of hydrogen-bond acceptors (Lipinski definition) is 9. The molecule has 4 aromatic rings. The third kappa shape index (κ3) is 5.68.